The summed E-state index contributed by atoms with van der Waals surface area (Å²) in [4.78, 5) is 0. The van der Waals surface area contributed by atoms with Crippen LogP contribution in [-0.4, -0.2) is 22.9 Å². The van der Waals surface area contributed by atoms with Crippen molar-refractivity contribution < 1.29 is 4.39 Å². The lowest BCUT2D eigenvalue weighted by Gasteiger charge is -2.30. The lowest BCUT2D eigenvalue weighted by Crippen LogP contribution is -2.41. The van der Waals surface area contributed by atoms with Crippen molar-refractivity contribution in [3.63, 3.8) is 0 Å². The first-order valence-electron chi connectivity index (χ1n) is 4.71. The minimum atomic E-state index is -1.28. The summed E-state index contributed by atoms with van der Waals surface area (Å²) in [6.07, 6.45) is 3.08. The summed E-state index contributed by atoms with van der Waals surface area (Å²) in [6.45, 7) is 1.28. The molecule has 78 valence electrons. The van der Waals surface area contributed by atoms with Crippen molar-refractivity contribution in [2.45, 2.75) is 18.5 Å². The van der Waals surface area contributed by atoms with Crippen molar-refractivity contribution in [2.75, 3.05) is 13.1 Å². The van der Waals surface area contributed by atoms with E-state index in [1.165, 1.54) is 0 Å². The highest BCUT2D eigenvalue weighted by Crippen LogP contribution is 2.36. The van der Waals surface area contributed by atoms with Crippen LogP contribution in [0.15, 0.2) is 10.7 Å². The van der Waals surface area contributed by atoms with E-state index in [0.29, 0.717) is 18.7 Å². The van der Waals surface area contributed by atoms with Crippen LogP contribution in [0.4, 0.5) is 4.39 Å². The highest BCUT2D eigenvalue weighted by molar-refractivity contribution is 9.10. The van der Waals surface area contributed by atoms with Crippen LogP contribution < -0.4 is 5.32 Å². The van der Waals surface area contributed by atoms with Crippen molar-refractivity contribution >= 4 is 15.9 Å². The molecule has 14 heavy (non-hydrogen) atoms. The molecular weight excluding hydrogens is 249 g/mol. The molecular formula is C9H13BrFN3. The first-order chi connectivity index (χ1) is 6.63. The SMILES string of the molecule is Cn1ncc(Br)c1C1(F)CCCNC1. The van der Waals surface area contributed by atoms with Crippen molar-refractivity contribution in [3.05, 3.63) is 16.4 Å². The second-order valence-electron chi connectivity index (χ2n) is 3.71. The molecule has 0 aliphatic carbocycles. The third-order valence-corrected chi connectivity index (χ3v) is 3.23. The van der Waals surface area contributed by atoms with Gasteiger partial charge in [0.15, 0.2) is 5.67 Å². The first kappa shape index (κ1) is 10.1. The molecule has 2 heterocycles. The topological polar surface area (TPSA) is 29.9 Å². The molecule has 1 fully saturated rings. The molecule has 1 aromatic rings. The maximum Gasteiger partial charge on any atom is 0.165 e. The van der Waals surface area contributed by atoms with Crippen molar-refractivity contribution in [1.82, 2.24) is 15.1 Å². The predicted octanol–water partition coefficient (Wildman–Crippen LogP) is 1.73. The van der Waals surface area contributed by atoms with E-state index in [2.05, 4.69) is 26.3 Å². The molecule has 0 spiro atoms. The third-order valence-electron chi connectivity index (χ3n) is 2.65. The third kappa shape index (κ3) is 1.59. The quantitative estimate of drug-likeness (QED) is 0.835. The van der Waals surface area contributed by atoms with Gasteiger partial charge in [-0.2, -0.15) is 5.10 Å². The predicted molar refractivity (Wildman–Crippen MR) is 55.8 cm³/mol. The summed E-state index contributed by atoms with van der Waals surface area (Å²) < 4.78 is 16.9. The number of nitrogens with one attached hydrogen (secondary N) is 1. The Balaban J connectivity index is 2.36. The Kier molecular flexibility index (Phi) is 2.62. The molecule has 0 radical (unpaired) electrons. The summed E-state index contributed by atoms with van der Waals surface area (Å²) in [5.41, 5.74) is -0.632. The minimum absolute atomic E-state index is 0.380. The van der Waals surface area contributed by atoms with Crippen LogP contribution in [0.2, 0.25) is 0 Å². The Bertz CT molecular complexity index is 311. The normalized spacial score (nSPS) is 27.9. The zero-order valence-electron chi connectivity index (χ0n) is 8.06. The molecule has 0 bridgehead atoms. The molecule has 0 amide bonds. The Morgan fingerprint density at radius 2 is 2.50 bits per heavy atom. The number of aryl methyl sites for hydroxylation is 1. The van der Waals surface area contributed by atoms with Crippen LogP contribution in [-0.2, 0) is 12.7 Å². The van der Waals surface area contributed by atoms with E-state index in [4.69, 9.17) is 0 Å². The average Bonchev–Trinajstić information content (AvgIpc) is 2.48. The Labute approximate surface area is 90.8 Å². The maximum absolute atomic E-state index is 14.5. The monoisotopic (exact) mass is 261 g/mol. The van der Waals surface area contributed by atoms with Gasteiger partial charge >= 0.3 is 0 Å². The van der Waals surface area contributed by atoms with Gasteiger partial charge in [-0.1, -0.05) is 0 Å². The Morgan fingerprint density at radius 1 is 1.71 bits per heavy atom. The van der Waals surface area contributed by atoms with Crippen molar-refractivity contribution in [3.8, 4) is 0 Å². The van der Waals surface area contributed by atoms with Gasteiger partial charge in [0.25, 0.3) is 0 Å². The molecule has 1 saturated heterocycles. The summed E-state index contributed by atoms with van der Waals surface area (Å²) >= 11 is 3.34. The van der Waals surface area contributed by atoms with Crippen LogP contribution in [0, 0.1) is 0 Å². The summed E-state index contributed by atoms with van der Waals surface area (Å²) in [5.74, 6) is 0. The van der Waals surface area contributed by atoms with Crippen molar-refractivity contribution in [2.24, 2.45) is 7.05 Å². The smallest absolute Gasteiger partial charge is 0.165 e. The number of nitrogens with zero attached hydrogens (tertiary/aromatic N) is 2. The molecule has 5 heteroatoms. The molecule has 1 aliphatic heterocycles. The lowest BCUT2D eigenvalue weighted by atomic mass is 9.92. The van der Waals surface area contributed by atoms with Crippen LogP contribution in [0.5, 0.6) is 0 Å². The Morgan fingerprint density at radius 3 is 3.00 bits per heavy atom. The standard InChI is InChI=1S/C9H13BrFN3/c1-14-8(7(10)5-13-14)9(11)3-2-4-12-6-9/h5,12H,2-4,6H2,1H3. The molecule has 3 nitrogen and oxygen atoms in total. The minimum Gasteiger partial charge on any atom is -0.313 e. The number of halogens is 2. The van der Waals surface area contributed by atoms with Gasteiger partial charge in [-0.05, 0) is 35.3 Å². The average molecular weight is 262 g/mol. The maximum atomic E-state index is 14.5. The second kappa shape index (κ2) is 3.62. The van der Waals surface area contributed by atoms with Gasteiger partial charge in [-0.15, -0.1) is 0 Å². The van der Waals surface area contributed by atoms with Crippen molar-refractivity contribution in [1.29, 1.82) is 0 Å². The summed E-state index contributed by atoms with van der Waals surface area (Å²) in [7, 11) is 1.77. The largest absolute Gasteiger partial charge is 0.313 e. The van der Waals surface area contributed by atoms with Gasteiger partial charge in [0, 0.05) is 13.6 Å². The molecule has 0 aromatic carbocycles. The molecule has 2 rings (SSSR count). The molecule has 0 saturated carbocycles. The first-order valence-corrected chi connectivity index (χ1v) is 5.50. The van der Waals surface area contributed by atoms with E-state index in [-0.39, 0.29) is 0 Å². The zero-order valence-corrected chi connectivity index (χ0v) is 9.64. The van der Waals surface area contributed by atoms with Crippen LogP contribution in [0.1, 0.15) is 18.5 Å². The van der Waals surface area contributed by atoms with Gasteiger partial charge in [0.1, 0.15) is 0 Å². The van der Waals surface area contributed by atoms with Crippen LogP contribution in [0.25, 0.3) is 0 Å². The van der Waals surface area contributed by atoms with E-state index in [1.807, 2.05) is 0 Å². The van der Waals surface area contributed by atoms with Gasteiger partial charge in [-0.3, -0.25) is 4.68 Å². The van der Waals surface area contributed by atoms with Gasteiger partial charge in [0.2, 0.25) is 0 Å². The van der Waals surface area contributed by atoms with Gasteiger partial charge in [-0.25, -0.2) is 4.39 Å². The van der Waals surface area contributed by atoms with Crippen LogP contribution >= 0.6 is 15.9 Å². The molecule has 1 aliphatic rings. The fourth-order valence-corrected chi connectivity index (χ4v) is 2.69. The number of hydrogen-bond acceptors (Lipinski definition) is 2. The Hall–Kier alpha value is -0.420. The molecule has 1 atom stereocenters. The van der Waals surface area contributed by atoms with Gasteiger partial charge in [0.05, 0.1) is 16.4 Å². The summed E-state index contributed by atoms with van der Waals surface area (Å²) in [6, 6.07) is 0. The number of alkyl halides is 1. The zero-order chi connectivity index (χ0) is 10.2. The van der Waals surface area contributed by atoms with E-state index in [9.17, 15) is 4.39 Å². The fourth-order valence-electron chi connectivity index (χ4n) is 1.99. The van der Waals surface area contributed by atoms with E-state index >= 15 is 0 Å². The second-order valence-corrected chi connectivity index (χ2v) is 4.56. The van der Waals surface area contributed by atoms with E-state index < -0.39 is 5.67 Å². The highest BCUT2D eigenvalue weighted by atomic mass is 79.9. The van der Waals surface area contributed by atoms with E-state index in [0.717, 1.165) is 17.4 Å². The number of hydrogen-bond donors (Lipinski definition) is 1. The molecule has 1 N–H and O–H groups in total. The molecule has 1 unspecified atom stereocenters. The molecule has 1 aromatic heterocycles. The number of piperidine rings is 1. The highest BCUT2D eigenvalue weighted by Gasteiger charge is 2.38. The fraction of sp³-hybridized carbons (Fsp3) is 0.667. The number of rotatable bonds is 1. The van der Waals surface area contributed by atoms with E-state index in [1.54, 1.807) is 17.9 Å². The number of aromatic nitrogens is 2. The lowest BCUT2D eigenvalue weighted by molar-refractivity contribution is 0.110. The van der Waals surface area contributed by atoms with Crippen LogP contribution in [0.3, 0.4) is 0 Å². The van der Waals surface area contributed by atoms with Gasteiger partial charge < -0.3 is 5.32 Å². The summed E-state index contributed by atoms with van der Waals surface area (Å²) in [5, 5.41) is 7.12.